The number of aromatic nitrogens is 2. The van der Waals surface area contributed by atoms with Gasteiger partial charge in [0.2, 0.25) is 5.78 Å². The van der Waals surface area contributed by atoms with E-state index in [2.05, 4.69) is 4.98 Å². The molecule has 0 radical (unpaired) electrons. The zero-order valence-electron chi connectivity index (χ0n) is 15.9. The third-order valence-electron chi connectivity index (χ3n) is 4.49. The lowest BCUT2D eigenvalue weighted by Crippen LogP contribution is -2.37. The molecule has 0 spiro atoms. The maximum Gasteiger partial charge on any atom is 0.329 e. The molecule has 2 aromatic carbocycles. The molecule has 3 rings (SSSR count). The minimum absolute atomic E-state index is 0.0146. The average molecular weight is 395 g/mol. The van der Waals surface area contributed by atoms with E-state index >= 15 is 0 Å². The lowest BCUT2D eigenvalue weighted by molar-refractivity contribution is -0.141. The van der Waals surface area contributed by atoms with Crippen LogP contribution in [0.25, 0.3) is 10.8 Å². The number of carbonyl (C=O) groups is 2. The smallest absolute Gasteiger partial charge is 0.329 e. The largest absolute Gasteiger partial charge is 0.457 e. The Morgan fingerprint density at radius 1 is 1.10 bits per heavy atom. The third-order valence-corrected chi connectivity index (χ3v) is 4.49. The Bertz CT molecular complexity index is 1190. The van der Waals surface area contributed by atoms with Crippen LogP contribution in [0.4, 0.5) is 5.82 Å². The van der Waals surface area contributed by atoms with Gasteiger partial charge in [-0.3, -0.25) is 23.9 Å². The number of carbonyl (C=O) groups excluding carboxylic acids is 2. The Balaban J connectivity index is 1.70. The number of nitrogens with zero attached hydrogens (tertiary/aromatic N) is 1. The van der Waals surface area contributed by atoms with Crippen LogP contribution in [0.2, 0.25) is 0 Å². The van der Waals surface area contributed by atoms with Crippen molar-refractivity contribution in [3.05, 3.63) is 74.4 Å². The molecule has 3 N–H and O–H groups in total. The fraction of sp³-hybridized carbons (Fsp3) is 0.238. The lowest BCUT2D eigenvalue weighted by Gasteiger charge is -2.11. The van der Waals surface area contributed by atoms with E-state index in [9.17, 15) is 19.2 Å². The Kier molecular flexibility index (Phi) is 5.92. The standard InChI is InChI=1S/C21H21N3O5/c1-2-9-24-19(22)18(20(27)23-21(24)28)16(25)12-29-17(26)11-13-7-8-14-5-3-4-6-15(14)10-13/h3-8,10H,2,9,11-12,22H2,1H3,(H,23,27,28). The number of hydrogen-bond donors (Lipinski definition) is 2. The Morgan fingerprint density at radius 2 is 1.83 bits per heavy atom. The van der Waals surface area contributed by atoms with E-state index < -0.39 is 29.6 Å². The maximum atomic E-state index is 12.4. The van der Waals surface area contributed by atoms with Crippen LogP contribution in [0.15, 0.2) is 52.1 Å². The number of esters is 1. The van der Waals surface area contributed by atoms with E-state index in [0.29, 0.717) is 6.42 Å². The normalized spacial score (nSPS) is 10.8. The van der Waals surface area contributed by atoms with Crippen LogP contribution in [-0.4, -0.2) is 27.9 Å². The highest BCUT2D eigenvalue weighted by Crippen LogP contribution is 2.16. The Morgan fingerprint density at radius 3 is 2.55 bits per heavy atom. The topological polar surface area (TPSA) is 124 Å². The summed E-state index contributed by atoms with van der Waals surface area (Å²) in [6, 6.07) is 13.3. The van der Waals surface area contributed by atoms with Crippen LogP contribution in [-0.2, 0) is 22.5 Å². The summed E-state index contributed by atoms with van der Waals surface area (Å²) in [5.74, 6) is -1.60. The first-order chi connectivity index (χ1) is 13.9. The summed E-state index contributed by atoms with van der Waals surface area (Å²) < 4.78 is 6.15. The molecule has 0 aliphatic rings. The molecule has 1 aromatic heterocycles. The van der Waals surface area contributed by atoms with Gasteiger partial charge < -0.3 is 10.5 Å². The van der Waals surface area contributed by atoms with Crippen molar-refractivity contribution < 1.29 is 14.3 Å². The van der Waals surface area contributed by atoms with E-state index in [1.165, 1.54) is 0 Å². The highest BCUT2D eigenvalue weighted by molar-refractivity contribution is 6.01. The first-order valence-electron chi connectivity index (χ1n) is 9.19. The maximum absolute atomic E-state index is 12.4. The summed E-state index contributed by atoms with van der Waals surface area (Å²) in [6.07, 6.45) is 0.573. The van der Waals surface area contributed by atoms with Crippen molar-refractivity contribution in [1.82, 2.24) is 9.55 Å². The minimum Gasteiger partial charge on any atom is -0.457 e. The molecular formula is C21H21N3O5. The van der Waals surface area contributed by atoms with Crippen molar-refractivity contribution in [1.29, 1.82) is 0 Å². The monoisotopic (exact) mass is 395 g/mol. The number of rotatable bonds is 7. The number of fused-ring (bicyclic) bond motifs is 1. The van der Waals surface area contributed by atoms with Gasteiger partial charge in [-0.15, -0.1) is 0 Å². The number of nitrogen functional groups attached to an aromatic ring is 1. The molecule has 0 atom stereocenters. The van der Waals surface area contributed by atoms with Crippen molar-refractivity contribution in [3.8, 4) is 0 Å². The summed E-state index contributed by atoms with van der Waals surface area (Å²) in [7, 11) is 0. The molecule has 0 saturated carbocycles. The van der Waals surface area contributed by atoms with Gasteiger partial charge in [0.05, 0.1) is 6.42 Å². The van der Waals surface area contributed by atoms with E-state index in [4.69, 9.17) is 10.5 Å². The number of nitrogens with one attached hydrogen (secondary N) is 1. The number of ether oxygens (including phenoxy) is 1. The number of nitrogens with two attached hydrogens (primary N) is 1. The zero-order valence-corrected chi connectivity index (χ0v) is 15.9. The van der Waals surface area contributed by atoms with Gasteiger partial charge in [-0.2, -0.15) is 0 Å². The highest BCUT2D eigenvalue weighted by Gasteiger charge is 2.20. The Hall–Kier alpha value is -3.68. The van der Waals surface area contributed by atoms with Gasteiger partial charge >= 0.3 is 11.7 Å². The van der Waals surface area contributed by atoms with Crippen LogP contribution in [0, 0.1) is 0 Å². The van der Waals surface area contributed by atoms with E-state index in [1.54, 1.807) is 0 Å². The molecule has 0 aliphatic carbocycles. The van der Waals surface area contributed by atoms with E-state index in [1.807, 2.05) is 49.4 Å². The third kappa shape index (κ3) is 4.43. The summed E-state index contributed by atoms with van der Waals surface area (Å²) in [6.45, 7) is 1.44. The number of H-pyrrole nitrogens is 1. The van der Waals surface area contributed by atoms with Crippen molar-refractivity contribution >= 4 is 28.3 Å². The van der Waals surface area contributed by atoms with Crippen LogP contribution in [0.1, 0.15) is 29.3 Å². The van der Waals surface area contributed by atoms with Gasteiger partial charge in [0.15, 0.2) is 6.61 Å². The van der Waals surface area contributed by atoms with E-state index in [-0.39, 0.29) is 24.3 Å². The van der Waals surface area contributed by atoms with Crippen LogP contribution < -0.4 is 17.0 Å². The van der Waals surface area contributed by atoms with Crippen LogP contribution >= 0.6 is 0 Å². The van der Waals surface area contributed by atoms with Gasteiger partial charge in [-0.1, -0.05) is 49.4 Å². The molecule has 1 heterocycles. The molecule has 8 nitrogen and oxygen atoms in total. The van der Waals surface area contributed by atoms with Gasteiger partial charge in [0.1, 0.15) is 11.4 Å². The number of hydrogen-bond acceptors (Lipinski definition) is 6. The van der Waals surface area contributed by atoms with Gasteiger partial charge in [-0.25, -0.2) is 4.79 Å². The fourth-order valence-corrected chi connectivity index (χ4v) is 3.09. The highest BCUT2D eigenvalue weighted by atomic mass is 16.5. The number of anilines is 1. The first-order valence-corrected chi connectivity index (χ1v) is 9.19. The molecule has 0 bridgehead atoms. The molecule has 0 saturated heterocycles. The van der Waals surface area contributed by atoms with Crippen molar-refractivity contribution in [3.63, 3.8) is 0 Å². The average Bonchev–Trinajstić information content (AvgIpc) is 2.69. The second kappa shape index (κ2) is 8.55. The molecule has 3 aromatic rings. The van der Waals surface area contributed by atoms with Crippen LogP contribution in [0.3, 0.4) is 0 Å². The second-order valence-corrected chi connectivity index (χ2v) is 6.61. The minimum atomic E-state index is -0.893. The number of aromatic amines is 1. The summed E-state index contributed by atoms with van der Waals surface area (Å²) in [5, 5.41) is 2.04. The number of benzene rings is 2. The predicted molar refractivity (Wildman–Crippen MR) is 109 cm³/mol. The second-order valence-electron chi connectivity index (χ2n) is 6.61. The van der Waals surface area contributed by atoms with Crippen molar-refractivity contribution in [2.75, 3.05) is 12.3 Å². The number of Topliss-reactive ketones (excluding diaryl/α,β-unsaturated/α-hetero) is 1. The summed E-state index contributed by atoms with van der Waals surface area (Å²) in [4.78, 5) is 50.4. The predicted octanol–water partition coefficient (Wildman–Crippen LogP) is 1.65. The fourth-order valence-electron chi connectivity index (χ4n) is 3.09. The molecule has 8 heteroatoms. The molecule has 150 valence electrons. The summed E-state index contributed by atoms with van der Waals surface area (Å²) >= 11 is 0. The van der Waals surface area contributed by atoms with Crippen LogP contribution in [0.5, 0.6) is 0 Å². The number of ketones is 1. The molecular weight excluding hydrogens is 374 g/mol. The molecule has 0 amide bonds. The Labute approximate surface area is 165 Å². The van der Waals surface area contributed by atoms with Crippen molar-refractivity contribution in [2.24, 2.45) is 0 Å². The zero-order chi connectivity index (χ0) is 21.0. The summed E-state index contributed by atoms with van der Waals surface area (Å²) in [5.41, 5.74) is 4.63. The van der Waals surface area contributed by atoms with E-state index in [0.717, 1.165) is 20.9 Å². The molecule has 0 unspecified atom stereocenters. The quantitative estimate of drug-likeness (QED) is 0.463. The lowest BCUT2D eigenvalue weighted by atomic mass is 10.1. The van der Waals surface area contributed by atoms with Gasteiger partial charge in [0.25, 0.3) is 5.56 Å². The van der Waals surface area contributed by atoms with Gasteiger partial charge in [-0.05, 0) is 22.8 Å². The molecule has 0 aliphatic heterocycles. The SMILES string of the molecule is CCCn1c(N)c(C(=O)COC(=O)Cc2ccc3ccccc3c2)c(=O)[nH]c1=O. The van der Waals surface area contributed by atoms with Crippen molar-refractivity contribution in [2.45, 2.75) is 26.3 Å². The first kappa shape index (κ1) is 20.1. The molecule has 0 fully saturated rings. The van der Waals surface area contributed by atoms with Gasteiger partial charge in [0, 0.05) is 6.54 Å². The molecule has 29 heavy (non-hydrogen) atoms.